The Balaban J connectivity index is 2.18. The van der Waals surface area contributed by atoms with Gasteiger partial charge in [0.15, 0.2) is 0 Å². The number of sulfonamides is 1. The van der Waals surface area contributed by atoms with Gasteiger partial charge in [0.25, 0.3) is 0 Å². The summed E-state index contributed by atoms with van der Waals surface area (Å²) < 4.78 is 31.7. The summed E-state index contributed by atoms with van der Waals surface area (Å²) in [6, 6.07) is 0. The summed E-state index contributed by atoms with van der Waals surface area (Å²) in [4.78, 5) is 13.1. The Hall–Kier alpha value is -0.860. The molecule has 0 bridgehead atoms. The topological polar surface area (TPSA) is 98.9 Å². The lowest BCUT2D eigenvalue weighted by Crippen LogP contribution is -2.56. The number of amides is 1. The molecule has 1 saturated heterocycles. The number of hydrogen-bond donors (Lipinski definition) is 1. The molecule has 0 unspecified atom stereocenters. The molecule has 0 aromatic rings. The molecule has 1 amide bonds. The fraction of sp³-hybridized carbons (Fsp3) is 0.900. The van der Waals surface area contributed by atoms with Gasteiger partial charge in [-0.2, -0.15) is 0 Å². The molecule has 1 fully saturated rings. The van der Waals surface area contributed by atoms with Gasteiger partial charge in [-0.1, -0.05) is 0 Å². The first-order valence-corrected chi connectivity index (χ1v) is 7.38. The molecular formula is C10H20N2O5S. The number of nitrogens with two attached hydrogens (primary N) is 1. The van der Waals surface area contributed by atoms with Crippen LogP contribution in [0.5, 0.6) is 0 Å². The van der Waals surface area contributed by atoms with Gasteiger partial charge in [-0.25, -0.2) is 18.4 Å². The van der Waals surface area contributed by atoms with Crippen molar-refractivity contribution in [2.24, 2.45) is 5.14 Å². The molecule has 1 rings (SSSR count). The number of carbonyl (C=O) groups excluding carboxylic acids is 1. The van der Waals surface area contributed by atoms with Gasteiger partial charge in [0.1, 0.15) is 5.60 Å². The van der Waals surface area contributed by atoms with E-state index in [2.05, 4.69) is 0 Å². The average molecular weight is 280 g/mol. The number of primary sulfonamides is 1. The summed E-state index contributed by atoms with van der Waals surface area (Å²) in [5.74, 6) is -0.212. The predicted octanol–water partition coefficient (Wildman–Crippen LogP) is -0.0892. The molecule has 2 N–H and O–H groups in total. The molecule has 0 radical (unpaired) electrons. The first-order chi connectivity index (χ1) is 8.07. The molecule has 106 valence electrons. The fourth-order valence-electron chi connectivity index (χ4n) is 1.35. The lowest BCUT2D eigenvalue weighted by atomic mass is 10.2. The van der Waals surface area contributed by atoms with E-state index in [9.17, 15) is 13.2 Å². The van der Waals surface area contributed by atoms with Crippen LogP contribution in [0.25, 0.3) is 0 Å². The summed E-state index contributed by atoms with van der Waals surface area (Å²) in [5.41, 5.74) is -0.517. The number of rotatable bonds is 4. The second-order valence-electron chi connectivity index (χ2n) is 5.25. The van der Waals surface area contributed by atoms with E-state index in [1.165, 1.54) is 4.90 Å². The first kappa shape index (κ1) is 15.2. The molecule has 0 saturated carbocycles. The van der Waals surface area contributed by atoms with Crippen LogP contribution in [0, 0.1) is 0 Å². The summed E-state index contributed by atoms with van der Waals surface area (Å²) in [6.07, 6.45) is -0.520. The van der Waals surface area contributed by atoms with Crippen molar-refractivity contribution >= 4 is 16.1 Å². The Bertz CT molecular complexity index is 395. The smallest absolute Gasteiger partial charge is 0.410 e. The zero-order valence-electron chi connectivity index (χ0n) is 10.9. The minimum absolute atomic E-state index is 0.0473. The summed E-state index contributed by atoms with van der Waals surface area (Å²) in [7, 11) is -3.49. The second-order valence-corrected chi connectivity index (χ2v) is 6.98. The molecule has 0 atom stereocenters. The standard InChI is InChI=1S/C10H20N2O5S/c1-10(2,3)17-9(13)12-6-8(7-12)16-4-5-18(11,14)15/h8H,4-7H2,1-3H3,(H2,11,14,15). The van der Waals surface area contributed by atoms with Crippen LogP contribution in [-0.4, -0.2) is 56.6 Å². The monoisotopic (exact) mass is 280 g/mol. The SMILES string of the molecule is CC(C)(C)OC(=O)N1CC(OCCS(N)(=O)=O)C1. The van der Waals surface area contributed by atoms with Crippen LogP contribution in [0.3, 0.4) is 0 Å². The van der Waals surface area contributed by atoms with Gasteiger partial charge in [-0.3, -0.25) is 0 Å². The Morgan fingerprint density at radius 2 is 1.94 bits per heavy atom. The Morgan fingerprint density at radius 1 is 1.39 bits per heavy atom. The second kappa shape index (κ2) is 5.41. The third-order valence-electron chi connectivity index (χ3n) is 2.22. The number of nitrogens with zero attached hydrogens (tertiary/aromatic N) is 1. The molecule has 8 heteroatoms. The van der Waals surface area contributed by atoms with Crippen molar-refractivity contribution in [1.82, 2.24) is 4.90 Å². The van der Waals surface area contributed by atoms with Gasteiger partial charge in [-0.15, -0.1) is 0 Å². The number of hydrogen-bond acceptors (Lipinski definition) is 5. The van der Waals surface area contributed by atoms with Crippen LogP contribution < -0.4 is 5.14 Å². The Kier molecular flexibility index (Phi) is 4.57. The highest BCUT2D eigenvalue weighted by atomic mass is 32.2. The molecule has 18 heavy (non-hydrogen) atoms. The highest BCUT2D eigenvalue weighted by Gasteiger charge is 2.34. The first-order valence-electron chi connectivity index (χ1n) is 5.67. The molecule has 1 heterocycles. The van der Waals surface area contributed by atoms with E-state index in [0.717, 1.165) is 0 Å². The van der Waals surface area contributed by atoms with Crippen molar-refractivity contribution in [3.8, 4) is 0 Å². The van der Waals surface area contributed by atoms with Crippen molar-refractivity contribution in [2.45, 2.75) is 32.5 Å². The summed E-state index contributed by atoms with van der Waals surface area (Å²) in [5, 5.41) is 4.83. The highest BCUT2D eigenvalue weighted by molar-refractivity contribution is 7.89. The number of likely N-dealkylation sites (tertiary alicyclic amines) is 1. The van der Waals surface area contributed by atoms with Gasteiger partial charge in [0, 0.05) is 0 Å². The van der Waals surface area contributed by atoms with Crippen molar-refractivity contribution in [3.63, 3.8) is 0 Å². The van der Waals surface area contributed by atoms with E-state index in [4.69, 9.17) is 14.6 Å². The van der Waals surface area contributed by atoms with Gasteiger partial charge in [0.2, 0.25) is 10.0 Å². The van der Waals surface area contributed by atoms with Gasteiger partial charge in [0.05, 0.1) is 31.6 Å². The Morgan fingerprint density at radius 3 is 2.39 bits per heavy atom. The fourth-order valence-corrected chi connectivity index (χ4v) is 1.68. The maximum absolute atomic E-state index is 11.6. The summed E-state index contributed by atoms with van der Waals surface area (Å²) in [6.45, 7) is 6.27. The molecule has 1 aliphatic rings. The van der Waals surface area contributed by atoms with Crippen LogP contribution >= 0.6 is 0 Å². The van der Waals surface area contributed by atoms with E-state index in [-0.39, 0.29) is 24.6 Å². The lowest BCUT2D eigenvalue weighted by molar-refractivity contribution is -0.0592. The van der Waals surface area contributed by atoms with Crippen LogP contribution in [0.2, 0.25) is 0 Å². The summed E-state index contributed by atoms with van der Waals surface area (Å²) >= 11 is 0. The van der Waals surface area contributed by atoms with Crippen molar-refractivity contribution in [3.05, 3.63) is 0 Å². The van der Waals surface area contributed by atoms with Crippen LogP contribution in [-0.2, 0) is 19.5 Å². The average Bonchev–Trinajstić information content (AvgIpc) is 2.03. The largest absolute Gasteiger partial charge is 0.444 e. The molecule has 0 spiro atoms. The highest BCUT2D eigenvalue weighted by Crippen LogP contribution is 2.16. The van der Waals surface area contributed by atoms with Gasteiger partial charge in [-0.05, 0) is 20.8 Å². The molecule has 0 aromatic heterocycles. The minimum Gasteiger partial charge on any atom is -0.444 e. The maximum atomic E-state index is 11.6. The van der Waals surface area contributed by atoms with E-state index in [0.29, 0.717) is 13.1 Å². The molecule has 0 aromatic carbocycles. The maximum Gasteiger partial charge on any atom is 0.410 e. The lowest BCUT2D eigenvalue weighted by Gasteiger charge is -2.39. The predicted molar refractivity (Wildman–Crippen MR) is 65.5 cm³/mol. The van der Waals surface area contributed by atoms with Gasteiger partial charge >= 0.3 is 6.09 Å². The van der Waals surface area contributed by atoms with Crippen molar-refractivity contribution < 1.29 is 22.7 Å². The van der Waals surface area contributed by atoms with Crippen molar-refractivity contribution in [1.29, 1.82) is 0 Å². The van der Waals surface area contributed by atoms with E-state index >= 15 is 0 Å². The van der Waals surface area contributed by atoms with E-state index in [1.807, 2.05) is 0 Å². The third-order valence-corrected chi connectivity index (χ3v) is 2.96. The Labute approximate surface area is 107 Å². The van der Waals surface area contributed by atoms with E-state index in [1.54, 1.807) is 20.8 Å². The number of carbonyl (C=O) groups is 1. The quantitative estimate of drug-likeness (QED) is 0.776. The normalized spacial score (nSPS) is 17.4. The molecule has 1 aliphatic heterocycles. The molecular weight excluding hydrogens is 260 g/mol. The zero-order valence-corrected chi connectivity index (χ0v) is 11.7. The molecule has 0 aliphatic carbocycles. The molecule has 7 nitrogen and oxygen atoms in total. The van der Waals surface area contributed by atoms with E-state index < -0.39 is 15.6 Å². The van der Waals surface area contributed by atoms with Gasteiger partial charge < -0.3 is 14.4 Å². The van der Waals surface area contributed by atoms with Crippen LogP contribution in [0.15, 0.2) is 0 Å². The van der Waals surface area contributed by atoms with Crippen molar-refractivity contribution in [2.75, 3.05) is 25.4 Å². The van der Waals surface area contributed by atoms with Crippen LogP contribution in [0.1, 0.15) is 20.8 Å². The minimum atomic E-state index is -3.49. The zero-order chi connectivity index (χ0) is 14.0. The third kappa shape index (κ3) is 5.65. The van der Waals surface area contributed by atoms with Crippen LogP contribution in [0.4, 0.5) is 4.79 Å². The number of ether oxygens (including phenoxy) is 2.